The Balaban J connectivity index is 2.21. The zero-order chi connectivity index (χ0) is 14.5. The summed E-state index contributed by atoms with van der Waals surface area (Å²) in [6.07, 6.45) is 0. The highest BCUT2D eigenvalue weighted by molar-refractivity contribution is 5.98. The molecule has 1 amide bonds. The maximum absolute atomic E-state index is 12.2. The number of aromatic nitrogens is 1. The van der Waals surface area contributed by atoms with Gasteiger partial charge in [0.05, 0.1) is 17.5 Å². The van der Waals surface area contributed by atoms with Gasteiger partial charge in [-0.3, -0.25) is 9.78 Å². The standard InChI is InChI=1S/C16H15N3O/c1-11-8-9-15(12(2)18-11)19-16(20)14(10-17)13-6-4-3-5-7-13/h3-9,14H,1-2H3,(H,19,20). The first-order valence-corrected chi connectivity index (χ1v) is 6.31. The van der Waals surface area contributed by atoms with Crippen LogP contribution in [0.2, 0.25) is 0 Å². The summed E-state index contributed by atoms with van der Waals surface area (Å²) >= 11 is 0. The summed E-state index contributed by atoms with van der Waals surface area (Å²) in [5.41, 5.74) is 2.95. The number of rotatable bonds is 3. The van der Waals surface area contributed by atoms with Crippen LogP contribution in [0.3, 0.4) is 0 Å². The number of hydrogen-bond acceptors (Lipinski definition) is 3. The second-order valence-electron chi connectivity index (χ2n) is 4.55. The fraction of sp³-hybridized carbons (Fsp3) is 0.188. The smallest absolute Gasteiger partial charge is 0.246 e. The number of aryl methyl sites for hydroxylation is 2. The molecule has 0 bridgehead atoms. The monoisotopic (exact) mass is 265 g/mol. The second kappa shape index (κ2) is 5.98. The molecule has 1 aromatic heterocycles. The summed E-state index contributed by atoms with van der Waals surface area (Å²) in [7, 11) is 0. The minimum absolute atomic E-state index is 0.340. The summed E-state index contributed by atoms with van der Waals surface area (Å²) in [5.74, 6) is -1.16. The van der Waals surface area contributed by atoms with Crippen LogP contribution in [0.25, 0.3) is 0 Å². The van der Waals surface area contributed by atoms with E-state index in [0.29, 0.717) is 11.3 Å². The lowest BCUT2D eigenvalue weighted by atomic mass is 10.00. The molecule has 4 heteroatoms. The van der Waals surface area contributed by atoms with Gasteiger partial charge in [0.25, 0.3) is 0 Å². The Kier molecular flexibility index (Phi) is 4.11. The Morgan fingerprint density at radius 2 is 1.90 bits per heavy atom. The van der Waals surface area contributed by atoms with Gasteiger partial charge < -0.3 is 5.32 Å². The highest BCUT2D eigenvalue weighted by Crippen LogP contribution is 2.19. The molecule has 0 aliphatic rings. The van der Waals surface area contributed by atoms with E-state index in [1.54, 1.807) is 18.2 Å². The van der Waals surface area contributed by atoms with Crippen molar-refractivity contribution >= 4 is 11.6 Å². The maximum Gasteiger partial charge on any atom is 0.246 e. The van der Waals surface area contributed by atoms with Crippen LogP contribution in [-0.2, 0) is 4.79 Å². The first-order valence-electron chi connectivity index (χ1n) is 6.31. The van der Waals surface area contributed by atoms with E-state index in [0.717, 1.165) is 11.4 Å². The Labute approximate surface area is 118 Å². The van der Waals surface area contributed by atoms with Gasteiger partial charge in [0, 0.05) is 5.69 Å². The number of pyridine rings is 1. The van der Waals surface area contributed by atoms with Gasteiger partial charge in [-0.15, -0.1) is 0 Å². The lowest BCUT2D eigenvalue weighted by Crippen LogP contribution is -2.20. The van der Waals surface area contributed by atoms with Crippen molar-refractivity contribution in [2.45, 2.75) is 19.8 Å². The van der Waals surface area contributed by atoms with Gasteiger partial charge in [0.1, 0.15) is 0 Å². The Morgan fingerprint density at radius 1 is 1.20 bits per heavy atom. The SMILES string of the molecule is Cc1ccc(NC(=O)C(C#N)c2ccccc2)c(C)n1. The van der Waals surface area contributed by atoms with E-state index in [1.165, 1.54) is 0 Å². The number of carbonyl (C=O) groups excluding carboxylic acids is 1. The van der Waals surface area contributed by atoms with Crippen molar-refractivity contribution in [1.29, 1.82) is 5.26 Å². The van der Waals surface area contributed by atoms with Crippen LogP contribution in [-0.4, -0.2) is 10.9 Å². The van der Waals surface area contributed by atoms with Gasteiger partial charge in [0.15, 0.2) is 5.92 Å². The Bertz CT molecular complexity index is 659. The molecule has 1 N–H and O–H groups in total. The van der Waals surface area contributed by atoms with Gasteiger partial charge in [-0.05, 0) is 31.5 Å². The van der Waals surface area contributed by atoms with E-state index < -0.39 is 5.92 Å². The number of benzene rings is 1. The van der Waals surface area contributed by atoms with E-state index in [2.05, 4.69) is 10.3 Å². The van der Waals surface area contributed by atoms with Gasteiger partial charge in [0.2, 0.25) is 5.91 Å². The molecule has 1 aromatic carbocycles. The average molecular weight is 265 g/mol. The molecule has 20 heavy (non-hydrogen) atoms. The Morgan fingerprint density at radius 3 is 2.50 bits per heavy atom. The van der Waals surface area contributed by atoms with E-state index in [4.69, 9.17) is 0 Å². The molecular weight excluding hydrogens is 250 g/mol. The molecule has 4 nitrogen and oxygen atoms in total. The highest BCUT2D eigenvalue weighted by atomic mass is 16.1. The van der Waals surface area contributed by atoms with Gasteiger partial charge in [-0.2, -0.15) is 5.26 Å². The first-order chi connectivity index (χ1) is 9.61. The highest BCUT2D eigenvalue weighted by Gasteiger charge is 2.20. The molecule has 2 aromatic rings. The molecule has 0 fully saturated rings. The van der Waals surface area contributed by atoms with Crippen LogP contribution >= 0.6 is 0 Å². The van der Waals surface area contributed by atoms with E-state index in [9.17, 15) is 10.1 Å². The van der Waals surface area contributed by atoms with Crippen molar-refractivity contribution in [3.63, 3.8) is 0 Å². The van der Waals surface area contributed by atoms with Crippen LogP contribution in [0.1, 0.15) is 22.9 Å². The normalized spacial score (nSPS) is 11.4. The van der Waals surface area contributed by atoms with Gasteiger partial charge >= 0.3 is 0 Å². The number of anilines is 1. The molecule has 0 aliphatic carbocycles. The van der Waals surface area contributed by atoms with Crippen molar-refractivity contribution in [1.82, 2.24) is 4.98 Å². The third-order valence-corrected chi connectivity index (χ3v) is 3.01. The number of carbonyl (C=O) groups is 1. The largest absolute Gasteiger partial charge is 0.323 e. The molecule has 0 spiro atoms. The first kappa shape index (κ1) is 13.8. The topological polar surface area (TPSA) is 65.8 Å². The minimum Gasteiger partial charge on any atom is -0.323 e. The zero-order valence-electron chi connectivity index (χ0n) is 11.4. The van der Waals surface area contributed by atoms with Gasteiger partial charge in [-0.1, -0.05) is 30.3 Å². The lowest BCUT2D eigenvalue weighted by Gasteiger charge is -2.12. The van der Waals surface area contributed by atoms with Gasteiger partial charge in [-0.25, -0.2) is 0 Å². The van der Waals surface area contributed by atoms with Crippen molar-refractivity contribution < 1.29 is 4.79 Å². The summed E-state index contributed by atoms with van der Waals surface area (Å²) in [5, 5.41) is 12.0. The summed E-state index contributed by atoms with van der Waals surface area (Å²) in [6.45, 7) is 3.72. The molecule has 1 atom stereocenters. The van der Waals surface area contributed by atoms with E-state index >= 15 is 0 Å². The third kappa shape index (κ3) is 3.01. The molecule has 0 saturated carbocycles. The molecular formula is C16H15N3O. The van der Waals surface area contributed by atoms with Crippen LogP contribution in [0.4, 0.5) is 5.69 Å². The third-order valence-electron chi connectivity index (χ3n) is 3.01. The number of nitrogens with one attached hydrogen (secondary N) is 1. The van der Waals surface area contributed by atoms with E-state index in [1.807, 2.05) is 44.2 Å². The van der Waals surface area contributed by atoms with Crippen molar-refractivity contribution in [3.8, 4) is 6.07 Å². The van der Waals surface area contributed by atoms with Crippen molar-refractivity contribution in [3.05, 3.63) is 59.4 Å². The molecule has 0 saturated heterocycles. The maximum atomic E-state index is 12.2. The molecule has 0 radical (unpaired) electrons. The van der Waals surface area contributed by atoms with Crippen molar-refractivity contribution in [2.24, 2.45) is 0 Å². The van der Waals surface area contributed by atoms with Crippen LogP contribution in [0.15, 0.2) is 42.5 Å². The van der Waals surface area contributed by atoms with Crippen LogP contribution in [0, 0.1) is 25.2 Å². The predicted molar refractivity (Wildman–Crippen MR) is 77.1 cm³/mol. The molecule has 0 aliphatic heterocycles. The summed E-state index contributed by atoms with van der Waals surface area (Å²) in [4.78, 5) is 16.5. The molecule has 2 rings (SSSR count). The number of hydrogen-bond donors (Lipinski definition) is 1. The number of nitriles is 1. The molecule has 1 unspecified atom stereocenters. The quantitative estimate of drug-likeness (QED) is 0.927. The minimum atomic E-state index is -0.822. The summed E-state index contributed by atoms with van der Waals surface area (Å²) < 4.78 is 0. The zero-order valence-corrected chi connectivity index (χ0v) is 11.4. The Hall–Kier alpha value is -2.67. The fourth-order valence-corrected chi connectivity index (χ4v) is 1.95. The van der Waals surface area contributed by atoms with Crippen LogP contribution < -0.4 is 5.32 Å². The fourth-order valence-electron chi connectivity index (χ4n) is 1.95. The molecule has 1 heterocycles. The average Bonchev–Trinajstić information content (AvgIpc) is 2.44. The second-order valence-corrected chi connectivity index (χ2v) is 4.55. The van der Waals surface area contributed by atoms with Crippen LogP contribution in [0.5, 0.6) is 0 Å². The van der Waals surface area contributed by atoms with Crippen molar-refractivity contribution in [2.75, 3.05) is 5.32 Å². The van der Waals surface area contributed by atoms with E-state index in [-0.39, 0.29) is 5.91 Å². The number of amides is 1. The predicted octanol–water partition coefficient (Wildman–Crippen LogP) is 2.94. The summed E-state index contributed by atoms with van der Waals surface area (Å²) in [6, 6.07) is 14.7. The lowest BCUT2D eigenvalue weighted by molar-refractivity contribution is -0.116. The number of nitrogens with zero attached hydrogens (tertiary/aromatic N) is 2. The molecule has 100 valence electrons.